The van der Waals surface area contributed by atoms with E-state index in [1.54, 1.807) is 60.7 Å². The van der Waals surface area contributed by atoms with E-state index in [-0.39, 0.29) is 17.2 Å². The lowest BCUT2D eigenvalue weighted by Crippen LogP contribution is -2.12. The Hall–Kier alpha value is -3.60. The molecule has 25 heavy (non-hydrogen) atoms. The number of rotatable bonds is 4. The van der Waals surface area contributed by atoms with Crippen LogP contribution >= 0.6 is 15.9 Å². The molecule has 0 radical (unpaired) electrons. The molecule has 2 aromatic carbocycles. The van der Waals surface area contributed by atoms with Gasteiger partial charge >= 0.3 is 0 Å². The third kappa shape index (κ3) is 4.45. The summed E-state index contributed by atoms with van der Waals surface area (Å²) in [6.45, 7) is 0. The molecular formula is C18H10BrN5O. The van der Waals surface area contributed by atoms with Crippen molar-refractivity contribution in [2.24, 2.45) is 0 Å². The number of nitrogens with one attached hydrogen (secondary N) is 2. The Kier molecular flexibility index (Phi) is 5.90. The van der Waals surface area contributed by atoms with Crippen LogP contribution < -0.4 is 10.6 Å². The summed E-state index contributed by atoms with van der Waals surface area (Å²) in [5.74, 6) is -0.254. The lowest BCUT2D eigenvalue weighted by atomic mass is 10.2. The number of halogens is 1. The zero-order valence-corrected chi connectivity index (χ0v) is 14.3. The van der Waals surface area contributed by atoms with E-state index in [2.05, 4.69) is 26.6 Å². The molecule has 0 unspecified atom stereocenters. The van der Waals surface area contributed by atoms with E-state index < -0.39 is 0 Å². The number of carbonyl (C=O) groups excluding carboxylic acids is 1. The second-order valence-electron chi connectivity index (χ2n) is 4.73. The molecule has 0 bridgehead atoms. The number of carbonyl (C=O) groups is 1. The molecule has 0 spiro atoms. The standard InChI is InChI=1S/C18H10BrN5O/c19-15-8-14(23-17(11-22)13(9-20)10-21)6-7-16(15)24-18(25)12-4-2-1-3-5-12/h1-8,23H,(H,24,25). The van der Waals surface area contributed by atoms with Crippen molar-refractivity contribution in [2.75, 3.05) is 10.6 Å². The smallest absolute Gasteiger partial charge is 0.255 e. The quantitative estimate of drug-likeness (QED) is 0.766. The van der Waals surface area contributed by atoms with E-state index in [1.807, 2.05) is 6.07 Å². The first kappa shape index (κ1) is 17.7. The number of benzene rings is 2. The fraction of sp³-hybridized carbons (Fsp3) is 0. The summed E-state index contributed by atoms with van der Waals surface area (Å²) in [6.07, 6.45) is 0. The summed E-state index contributed by atoms with van der Waals surface area (Å²) in [6, 6.07) is 18.8. The first-order valence-corrected chi connectivity index (χ1v) is 7.76. The van der Waals surface area contributed by atoms with E-state index in [4.69, 9.17) is 15.8 Å². The van der Waals surface area contributed by atoms with Crippen molar-refractivity contribution in [2.45, 2.75) is 0 Å². The molecule has 2 rings (SSSR count). The lowest BCUT2D eigenvalue weighted by molar-refractivity contribution is 0.102. The number of hydrogen-bond acceptors (Lipinski definition) is 5. The number of anilines is 2. The fourth-order valence-corrected chi connectivity index (χ4v) is 2.38. The van der Waals surface area contributed by atoms with Crippen LogP contribution in [0.3, 0.4) is 0 Å². The van der Waals surface area contributed by atoms with Gasteiger partial charge in [0.15, 0.2) is 5.57 Å². The Morgan fingerprint density at radius 1 is 0.920 bits per heavy atom. The average Bonchev–Trinajstić information content (AvgIpc) is 2.64. The SMILES string of the molecule is N#CC(C#N)=C(C#N)Nc1ccc(NC(=O)c2ccccc2)c(Br)c1. The van der Waals surface area contributed by atoms with Crippen LogP contribution in [0.15, 0.2) is 64.3 Å². The Labute approximate surface area is 152 Å². The largest absolute Gasteiger partial charge is 0.345 e. The van der Waals surface area contributed by atoms with Gasteiger partial charge in [-0.15, -0.1) is 0 Å². The van der Waals surface area contributed by atoms with Gasteiger partial charge in [0.2, 0.25) is 0 Å². The highest BCUT2D eigenvalue weighted by Crippen LogP contribution is 2.27. The molecule has 0 saturated carbocycles. The highest BCUT2D eigenvalue weighted by atomic mass is 79.9. The van der Waals surface area contributed by atoms with Gasteiger partial charge in [-0.1, -0.05) is 18.2 Å². The normalized spacial score (nSPS) is 9.04. The van der Waals surface area contributed by atoms with Gasteiger partial charge in [0.1, 0.15) is 23.9 Å². The minimum atomic E-state index is -0.305. The number of allylic oxidation sites excluding steroid dienone is 2. The zero-order chi connectivity index (χ0) is 18.2. The van der Waals surface area contributed by atoms with Crippen molar-refractivity contribution < 1.29 is 4.79 Å². The summed E-state index contributed by atoms with van der Waals surface area (Å²) < 4.78 is 0.578. The van der Waals surface area contributed by atoms with Crippen molar-refractivity contribution in [3.05, 3.63) is 69.8 Å². The van der Waals surface area contributed by atoms with Gasteiger partial charge in [-0.3, -0.25) is 4.79 Å². The molecule has 0 aromatic heterocycles. The fourth-order valence-electron chi connectivity index (χ4n) is 1.91. The van der Waals surface area contributed by atoms with Crippen molar-refractivity contribution in [1.29, 1.82) is 15.8 Å². The van der Waals surface area contributed by atoms with E-state index in [1.165, 1.54) is 0 Å². The molecule has 0 aliphatic heterocycles. The molecule has 120 valence electrons. The molecule has 6 nitrogen and oxygen atoms in total. The van der Waals surface area contributed by atoms with Crippen LogP contribution in [0.4, 0.5) is 11.4 Å². The highest BCUT2D eigenvalue weighted by molar-refractivity contribution is 9.10. The molecule has 2 aromatic rings. The minimum Gasteiger partial charge on any atom is -0.345 e. The Balaban J connectivity index is 2.21. The molecular weight excluding hydrogens is 382 g/mol. The molecule has 0 heterocycles. The van der Waals surface area contributed by atoms with Gasteiger partial charge < -0.3 is 10.6 Å². The summed E-state index contributed by atoms with van der Waals surface area (Å²) in [4.78, 5) is 12.2. The first-order valence-electron chi connectivity index (χ1n) is 6.96. The van der Waals surface area contributed by atoms with Gasteiger partial charge in [0, 0.05) is 15.7 Å². The second-order valence-corrected chi connectivity index (χ2v) is 5.58. The molecule has 0 atom stereocenters. The summed E-state index contributed by atoms with van der Waals surface area (Å²) in [5.41, 5.74) is 1.11. The van der Waals surface area contributed by atoms with Crippen LogP contribution in [-0.2, 0) is 0 Å². The van der Waals surface area contributed by atoms with E-state index in [0.29, 0.717) is 21.4 Å². The summed E-state index contributed by atoms with van der Waals surface area (Å²) in [5, 5.41) is 32.2. The monoisotopic (exact) mass is 391 g/mol. The topological polar surface area (TPSA) is 112 Å². The minimum absolute atomic E-state index is 0.141. The van der Waals surface area contributed by atoms with Crippen LogP contribution in [0, 0.1) is 34.0 Å². The van der Waals surface area contributed by atoms with Gasteiger partial charge in [0.05, 0.1) is 5.69 Å². The van der Waals surface area contributed by atoms with Gasteiger partial charge in [-0.05, 0) is 46.3 Å². The van der Waals surface area contributed by atoms with E-state index in [9.17, 15) is 4.79 Å². The van der Waals surface area contributed by atoms with Crippen LogP contribution in [0.25, 0.3) is 0 Å². The third-order valence-corrected chi connectivity index (χ3v) is 3.76. The number of nitrogens with zero attached hydrogens (tertiary/aromatic N) is 3. The predicted molar refractivity (Wildman–Crippen MR) is 96.0 cm³/mol. The summed E-state index contributed by atoms with van der Waals surface area (Å²) in [7, 11) is 0. The molecule has 7 heteroatoms. The van der Waals surface area contributed by atoms with Crippen LogP contribution in [0.5, 0.6) is 0 Å². The second kappa shape index (κ2) is 8.31. The molecule has 0 saturated heterocycles. The Bertz CT molecular complexity index is 946. The molecule has 0 aliphatic carbocycles. The van der Waals surface area contributed by atoms with Crippen molar-refractivity contribution in [3.8, 4) is 18.2 Å². The van der Waals surface area contributed by atoms with Gasteiger partial charge in [0.25, 0.3) is 5.91 Å². The van der Waals surface area contributed by atoms with Crippen molar-refractivity contribution in [1.82, 2.24) is 0 Å². The molecule has 1 amide bonds. The van der Waals surface area contributed by atoms with E-state index >= 15 is 0 Å². The Morgan fingerprint density at radius 2 is 1.60 bits per heavy atom. The van der Waals surface area contributed by atoms with Crippen molar-refractivity contribution >= 4 is 33.2 Å². The van der Waals surface area contributed by atoms with Crippen LogP contribution in [0.1, 0.15) is 10.4 Å². The molecule has 0 fully saturated rings. The average molecular weight is 392 g/mol. The Morgan fingerprint density at radius 3 is 2.16 bits per heavy atom. The van der Waals surface area contributed by atoms with Crippen LogP contribution in [-0.4, -0.2) is 5.91 Å². The number of hydrogen-bond donors (Lipinski definition) is 2. The maximum atomic E-state index is 12.2. The number of amides is 1. The lowest BCUT2D eigenvalue weighted by Gasteiger charge is -2.10. The highest BCUT2D eigenvalue weighted by Gasteiger charge is 2.10. The maximum absolute atomic E-state index is 12.2. The van der Waals surface area contributed by atoms with E-state index in [0.717, 1.165) is 0 Å². The molecule has 2 N–H and O–H groups in total. The van der Waals surface area contributed by atoms with Gasteiger partial charge in [-0.2, -0.15) is 15.8 Å². The van der Waals surface area contributed by atoms with Crippen LogP contribution in [0.2, 0.25) is 0 Å². The summed E-state index contributed by atoms with van der Waals surface area (Å²) >= 11 is 3.35. The predicted octanol–water partition coefficient (Wildman–Crippen LogP) is 3.94. The zero-order valence-electron chi connectivity index (χ0n) is 12.7. The first-order chi connectivity index (χ1) is 12.1. The molecule has 0 aliphatic rings. The van der Waals surface area contributed by atoms with Gasteiger partial charge in [-0.25, -0.2) is 0 Å². The number of nitriles is 3. The van der Waals surface area contributed by atoms with Crippen molar-refractivity contribution in [3.63, 3.8) is 0 Å². The maximum Gasteiger partial charge on any atom is 0.255 e. The third-order valence-electron chi connectivity index (χ3n) is 3.11.